The van der Waals surface area contributed by atoms with Crippen LogP contribution in [0.1, 0.15) is 41.0 Å². The van der Waals surface area contributed by atoms with Crippen LogP contribution in [0.15, 0.2) is 0 Å². The molecule has 1 fully saturated rings. The summed E-state index contributed by atoms with van der Waals surface area (Å²) in [7, 11) is 0. The molecule has 1 heterocycles. The van der Waals surface area contributed by atoms with Crippen LogP contribution in [-0.2, 0) is 4.74 Å². The van der Waals surface area contributed by atoms with Crippen LogP contribution in [0, 0.1) is 0 Å². The van der Waals surface area contributed by atoms with E-state index in [1.807, 2.05) is 0 Å². The summed E-state index contributed by atoms with van der Waals surface area (Å²) < 4.78 is 5.83. The Morgan fingerprint density at radius 1 is 1.09 bits per heavy atom. The number of hydrogen-bond donors (Lipinski definition) is 1. The molecule has 11 heavy (non-hydrogen) atoms. The van der Waals surface area contributed by atoms with Gasteiger partial charge in [0.05, 0.1) is 11.2 Å². The molecule has 0 radical (unpaired) electrons. The highest BCUT2D eigenvalue weighted by molar-refractivity contribution is 5.06. The Labute approximate surface area is 69.1 Å². The van der Waals surface area contributed by atoms with Gasteiger partial charge in [0.25, 0.3) is 0 Å². The lowest BCUT2D eigenvalue weighted by atomic mass is 9.82. The molecule has 1 saturated heterocycles. The summed E-state index contributed by atoms with van der Waals surface area (Å²) in [4.78, 5) is 0. The molecule has 0 bridgehead atoms. The molecule has 0 amide bonds. The summed E-state index contributed by atoms with van der Waals surface area (Å²) in [6, 6.07) is 0. The normalized spacial score (nSPS) is 40.9. The van der Waals surface area contributed by atoms with E-state index in [4.69, 9.17) is 10.5 Å². The van der Waals surface area contributed by atoms with Crippen LogP contribution in [0.25, 0.3) is 0 Å². The van der Waals surface area contributed by atoms with Crippen LogP contribution in [0.3, 0.4) is 0 Å². The van der Waals surface area contributed by atoms with Crippen molar-refractivity contribution in [1.82, 2.24) is 0 Å². The Hall–Kier alpha value is -0.0800. The zero-order valence-electron chi connectivity index (χ0n) is 8.19. The minimum Gasteiger partial charge on any atom is -0.368 e. The number of ether oxygens (including phenoxy) is 1. The highest BCUT2D eigenvalue weighted by Crippen LogP contribution is 2.42. The van der Waals surface area contributed by atoms with Gasteiger partial charge >= 0.3 is 0 Å². The van der Waals surface area contributed by atoms with Crippen molar-refractivity contribution in [3.63, 3.8) is 0 Å². The van der Waals surface area contributed by atoms with Gasteiger partial charge in [-0.25, -0.2) is 0 Å². The maximum Gasteiger partial charge on any atom is 0.0810 e. The second-order valence-corrected chi connectivity index (χ2v) is 4.97. The maximum absolute atomic E-state index is 6.11. The van der Waals surface area contributed by atoms with Crippen LogP contribution >= 0.6 is 0 Å². The lowest BCUT2D eigenvalue weighted by Crippen LogP contribution is -2.51. The average Bonchev–Trinajstić information content (AvgIpc) is 1.66. The van der Waals surface area contributed by atoms with Gasteiger partial charge in [-0.15, -0.1) is 0 Å². The van der Waals surface area contributed by atoms with Crippen molar-refractivity contribution < 1.29 is 4.74 Å². The standard InChI is InChI=1S/C9H19NO/c1-7(2)6-9(5,10)8(3,4)11-7/h6,10H2,1-5H3. The van der Waals surface area contributed by atoms with Gasteiger partial charge in [-0.3, -0.25) is 0 Å². The molecule has 0 spiro atoms. The molecule has 0 aromatic carbocycles. The van der Waals surface area contributed by atoms with Crippen LogP contribution in [-0.4, -0.2) is 16.7 Å². The van der Waals surface area contributed by atoms with Crippen molar-refractivity contribution >= 4 is 0 Å². The number of nitrogens with two attached hydrogens (primary N) is 1. The van der Waals surface area contributed by atoms with Crippen molar-refractivity contribution in [3.8, 4) is 0 Å². The van der Waals surface area contributed by atoms with Gasteiger partial charge in [0, 0.05) is 5.54 Å². The Bertz CT molecular complexity index is 152. The van der Waals surface area contributed by atoms with Crippen molar-refractivity contribution in [2.75, 3.05) is 0 Å². The molecule has 2 heteroatoms. The second-order valence-electron chi connectivity index (χ2n) is 4.97. The third kappa shape index (κ3) is 1.42. The summed E-state index contributed by atoms with van der Waals surface area (Å²) in [5, 5.41) is 0. The van der Waals surface area contributed by atoms with E-state index in [0.717, 1.165) is 6.42 Å². The molecule has 1 atom stereocenters. The molecule has 1 aliphatic rings. The first-order chi connectivity index (χ1) is 4.66. The molecule has 2 N–H and O–H groups in total. The predicted octanol–water partition coefficient (Wildman–Crippen LogP) is 1.68. The summed E-state index contributed by atoms with van der Waals surface area (Å²) in [6.07, 6.45) is 0.924. The second kappa shape index (κ2) is 1.99. The summed E-state index contributed by atoms with van der Waals surface area (Å²) in [5.74, 6) is 0. The molecule has 66 valence electrons. The largest absolute Gasteiger partial charge is 0.368 e. The lowest BCUT2D eigenvalue weighted by molar-refractivity contribution is -0.0767. The monoisotopic (exact) mass is 157 g/mol. The molecule has 0 aromatic heterocycles. The molecule has 2 nitrogen and oxygen atoms in total. The Morgan fingerprint density at radius 2 is 1.55 bits per heavy atom. The highest BCUT2D eigenvalue weighted by Gasteiger charge is 2.51. The van der Waals surface area contributed by atoms with Crippen LogP contribution < -0.4 is 5.73 Å². The van der Waals surface area contributed by atoms with Crippen molar-refractivity contribution in [2.24, 2.45) is 5.73 Å². The Kier molecular flexibility index (Phi) is 1.63. The van der Waals surface area contributed by atoms with E-state index in [1.165, 1.54) is 0 Å². The first kappa shape index (κ1) is 9.01. The van der Waals surface area contributed by atoms with Gasteiger partial charge in [-0.05, 0) is 41.0 Å². The highest BCUT2D eigenvalue weighted by atomic mass is 16.5. The SMILES string of the molecule is CC1(C)CC(C)(N)C(C)(C)O1. The smallest absolute Gasteiger partial charge is 0.0810 e. The van der Waals surface area contributed by atoms with Gasteiger partial charge in [0.15, 0.2) is 0 Å². The van der Waals surface area contributed by atoms with Gasteiger partial charge in [-0.2, -0.15) is 0 Å². The number of hydrogen-bond acceptors (Lipinski definition) is 2. The van der Waals surface area contributed by atoms with E-state index in [0.29, 0.717) is 0 Å². The molecular formula is C9H19NO. The topological polar surface area (TPSA) is 35.2 Å². The van der Waals surface area contributed by atoms with Crippen molar-refractivity contribution in [1.29, 1.82) is 0 Å². The molecular weight excluding hydrogens is 138 g/mol. The van der Waals surface area contributed by atoms with E-state index in [2.05, 4.69) is 34.6 Å². The molecule has 1 rings (SSSR count). The average molecular weight is 157 g/mol. The first-order valence-electron chi connectivity index (χ1n) is 4.15. The fourth-order valence-corrected chi connectivity index (χ4v) is 1.94. The minimum atomic E-state index is -0.198. The third-order valence-corrected chi connectivity index (χ3v) is 2.70. The minimum absolute atomic E-state index is 0.0625. The van der Waals surface area contributed by atoms with E-state index in [9.17, 15) is 0 Å². The zero-order chi connectivity index (χ0) is 8.91. The van der Waals surface area contributed by atoms with Crippen LogP contribution in [0.4, 0.5) is 0 Å². The van der Waals surface area contributed by atoms with Gasteiger partial charge in [0.2, 0.25) is 0 Å². The van der Waals surface area contributed by atoms with E-state index >= 15 is 0 Å². The number of rotatable bonds is 0. The van der Waals surface area contributed by atoms with Crippen LogP contribution in [0.2, 0.25) is 0 Å². The van der Waals surface area contributed by atoms with Gasteiger partial charge < -0.3 is 10.5 Å². The lowest BCUT2D eigenvalue weighted by Gasteiger charge is -2.32. The summed E-state index contributed by atoms with van der Waals surface area (Å²) in [6.45, 7) is 10.4. The first-order valence-corrected chi connectivity index (χ1v) is 4.15. The summed E-state index contributed by atoms with van der Waals surface area (Å²) in [5.41, 5.74) is 5.65. The van der Waals surface area contributed by atoms with E-state index < -0.39 is 0 Å². The molecule has 0 aliphatic carbocycles. The van der Waals surface area contributed by atoms with Crippen molar-refractivity contribution in [2.45, 2.75) is 57.8 Å². The third-order valence-electron chi connectivity index (χ3n) is 2.70. The van der Waals surface area contributed by atoms with Gasteiger partial charge in [0.1, 0.15) is 0 Å². The fourth-order valence-electron chi connectivity index (χ4n) is 1.94. The van der Waals surface area contributed by atoms with Crippen molar-refractivity contribution in [3.05, 3.63) is 0 Å². The summed E-state index contributed by atoms with van der Waals surface area (Å²) >= 11 is 0. The molecule has 1 aliphatic heterocycles. The Balaban J connectivity index is 2.89. The predicted molar refractivity (Wildman–Crippen MR) is 46.5 cm³/mol. The zero-order valence-corrected chi connectivity index (χ0v) is 8.19. The van der Waals surface area contributed by atoms with Gasteiger partial charge in [-0.1, -0.05) is 0 Å². The maximum atomic E-state index is 6.11. The quantitative estimate of drug-likeness (QED) is 0.580. The van der Waals surface area contributed by atoms with Crippen LogP contribution in [0.5, 0.6) is 0 Å². The molecule has 0 saturated carbocycles. The molecule has 1 unspecified atom stereocenters. The van der Waals surface area contributed by atoms with E-state index in [1.54, 1.807) is 0 Å². The fraction of sp³-hybridized carbons (Fsp3) is 1.00. The Morgan fingerprint density at radius 3 is 1.64 bits per heavy atom. The van der Waals surface area contributed by atoms with E-state index in [-0.39, 0.29) is 16.7 Å². The molecule has 0 aromatic rings.